The number of phenols is 1. The molecule has 204 valence electrons. The highest BCUT2D eigenvalue weighted by Gasteiger charge is 2.35. The standard InChI is InChI=1S/C33H39N3O3/c1-5-35-30-16-15-27(17-28(30)19-31(35)33(38)39-6-2)32(26-13-10-14-29(37)18-26)36-21-23(3)34(20-24(36)4)22-25-11-8-7-9-12-25/h7-19,23-24,32,37H,5-6,20-22H2,1-4H3/t23-,24+,32+/m1/s1. The topological polar surface area (TPSA) is 57.9 Å². The number of piperazine rings is 1. The minimum absolute atomic E-state index is 0.0335. The van der Waals surface area contributed by atoms with Crippen LogP contribution in [0.25, 0.3) is 10.9 Å². The fourth-order valence-electron chi connectivity index (χ4n) is 6.07. The van der Waals surface area contributed by atoms with Gasteiger partial charge < -0.3 is 14.4 Å². The zero-order chi connectivity index (χ0) is 27.5. The van der Waals surface area contributed by atoms with Crippen LogP contribution in [0, 0.1) is 0 Å². The van der Waals surface area contributed by atoms with Gasteiger partial charge in [-0.15, -0.1) is 0 Å². The smallest absolute Gasteiger partial charge is 0.354 e. The maximum atomic E-state index is 12.7. The molecule has 0 saturated carbocycles. The lowest BCUT2D eigenvalue weighted by Crippen LogP contribution is -2.56. The highest BCUT2D eigenvalue weighted by atomic mass is 16.5. The lowest BCUT2D eigenvalue weighted by molar-refractivity contribution is 0.0195. The van der Waals surface area contributed by atoms with Gasteiger partial charge in [-0.1, -0.05) is 48.5 Å². The van der Waals surface area contributed by atoms with Gasteiger partial charge in [-0.05, 0) is 74.7 Å². The van der Waals surface area contributed by atoms with E-state index in [1.807, 2.05) is 36.6 Å². The SMILES string of the molecule is CCOC(=O)c1cc2cc([C@H](c3cccc(O)c3)N3C[C@@H](C)N(Cc4ccccc4)C[C@@H]3C)ccc2n1CC. The first-order valence-electron chi connectivity index (χ1n) is 14.0. The van der Waals surface area contributed by atoms with Gasteiger partial charge in [-0.25, -0.2) is 4.79 Å². The maximum Gasteiger partial charge on any atom is 0.354 e. The summed E-state index contributed by atoms with van der Waals surface area (Å²) in [6.07, 6.45) is 0. The Hall–Kier alpha value is -3.61. The first-order valence-corrected chi connectivity index (χ1v) is 14.0. The van der Waals surface area contributed by atoms with Crippen LogP contribution in [-0.4, -0.2) is 57.2 Å². The van der Waals surface area contributed by atoms with Crippen molar-refractivity contribution < 1.29 is 14.6 Å². The van der Waals surface area contributed by atoms with Crippen molar-refractivity contribution >= 4 is 16.9 Å². The van der Waals surface area contributed by atoms with Crippen LogP contribution in [0.2, 0.25) is 0 Å². The predicted octanol–water partition coefficient (Wildman–Crippen LogP) is 6.23. The van der Waals surface area contributed by atoms with Gasteiger partial charge >= 0.3 is 5.97 Å². The van der Waals surface area contributed by atoms with E-state index in [4.69, 9.17) is 4.74 Å². The Morgan fingerprint density at radius 1 is 0.923 bits per heavy atom. The number of nitrogens with zero attached hydrogens (tertiary/aromatic N) is 3. The second-order valence-electron chi connectivity index (χ2n) is 10.6. The normalized spacial score (nSPS) is 19.3. The van der Waals surface area contributed by atoms with Gasteiger partial charge in [0.2, 0.25) is 0 Å². The lowest BCUT2D eigenvalue weighted by atomic mass is 9.92. The number of aryl methyl sites for hydroxylation is 1. The van der Waals surface area contributed by atoms with Crippen molar-refractivity contribution in [2.45, 2.75) is 58.9 Å². The first kappa shape index (κ1) is 27.0. The van der Waals surface area contributed by atoms with Crippen molar-refractivity contribution in [3.05, 3.63) is 101 Å². The van der Waals surface area contributed by atoms with Crippen molar-refractivity contribution in [2.24, 2.45) is 0 Å². The molecular weight excluding hydrogens is 486 g/mol. The summed E-state index contributed by atoms with van der Waals surface area (Å²) in [6.45, 7) is 12.3. The molecule has 1 aliphatic heterocycles. The molecule has 3 aromatic carbocycles. The molecule has 4 aromatic rings. The third-order valence-electron chi connectivity index (χ3n) is 7.95. The van der Waals surface area contributed by atoms with E-state index in [9.17, 15) is 9.90 Å². The lowest BCUT2D eigenvalue weighted by Gasteiger charge is -2.47. The second kappa shape index (κ2) is 11.6. The molecule has 0 bridgehead atoms. The molecule has 0 amide bonds. The number of hydrogen-bond donors (Lipinski definition) is 1. The highest BCUT2D eigenvalue weighted by molar-refractivity contribution is 5.96. The van der Waals surface area contributed by atoms with E-state index in [0.29, 0.717) is 30.9 Å². The van der Waals surface area contributed by atoms with Gasteiger partial charge in [-0.3, -0.25) is 9.80 Å². The third-order valence-corrected chi connectivity index (χ3v) is 7.95. The molecule has 6 heteroatoms. The second-order valence-corrected chi connectivity index (χ2v) is 10.6. The Kier molecular flexibility index (Phi) is 8.05. The van der Waals surface area contributed by atoms with Crippen LogP contribution in [0.4, 0.5) is 0 Å². The van der Waals surface area contributed by atoms with Gasteiger partial charge in [0.15, 0.2) is 0 Å². The van der Waals surface area contributed by atoms with E-state index in [0.717, 1.165) is 41.7 Å². The number of aromatic nitrogens is 1. The number of hydrogen-bond acceptors (Lipinski definition) is 5. The van der Waals surface area contributed by atoms with Gasteiger partial charge in [0.05, 0.1) is 12.6 Å². The van der Waals surface area contributed by atoms with Crippen LogP contribution in [0.3, 0.4) is 0 Å². The molecule has 6 nitrogen and oxygen atoms in total. The first-order chi connectivity index (χ1) is 18.9. The summed E-state index contributed by atoms with van der Waals surface area (Å²) in [5.74, 6) is -0.0256. The third kappa shape index (κ3) is 5.58. The summed E-state index contributed by atoms with van der Waals surface area (Å²) < 4.78 is 7.35. The number of carbonyl (C=O) groups excluding carboxylic acids is 1. The quantitative estimate of drug-likeness (QED) is 0.277. The Morgan fingerprint density at radius 2 is 1.69 bits per heavy atom. The molecule has 2 heterocycles. The summed E-state index contributed by atoms with van der Waals surface area (Å²) in [6, 6.07) is 27.3. The van der Waals surface area contributed by atoms with E-state index >= 15 is 0 Å². The van der Waals surface area contributed by atoms with Crippen molar-refractivity contribution in [1.29, 1.82) is 0 Å². The molecule has 0 unspecified atom stereocenters. The molecule has 39 heavy (non-hydrogen) atoms. The van der Waals surface area contributed by atoms with Crippen LogP contribution in [-0.2, 0) is 17.8 Å². The molecule has 0 aliphatic carbocycles. The van der Waals surface area contributed by atoms with Gasteiger partial charge in [-0.2, -0.15) is 0 Å². The van der Waals surface area contributed by atoms with Crippen molar-refractivity contribution in [1.82, 2.24) is 14.4 Å². The fraction of sp³-hybridized carbons (Fsp3) is 0.364. The largest absolute Gasteiger partial charge is 0.508 e. The molecule has 1 saturated heterocycles. The summed E-state index contributed by atoms with van der Waals surface area (Å²) in [7, 11) is 0. The van der Waals surface area contributed by atoms with Gasteiger partial charge in [0, 0.05) is 49.2 Å². The predicted molar refractivity (Wildman–Crippen MR) is 156 cm³/mol. The van der Waals surface area contributed by atoms with Crippen LogP contribution < -0.4 is 0 Å². The summed E-state index contributed by atoms with van der Waals surface area (Å²) in [4.78, 5) is 17.8. The maximum absolute atomic E-state index is 12.7. The minimum Gasteiger partial charge on any atom is -0.508 e. The number of esters is 1. The fourth-order valence-corrected chi connectivity index (χ4v) is 6.07. The number of phenolic OH excluding ortho intramolecular Hbond substituents is 1. The number of benzene rings is 3. The monoisotopic (exact) mass is 525 g/mol. The number of aromatic hydroxyl groups is 1. The molecule has 0 spiro atoms. The van der Waals surface area contributed by atoms with E-state index in [-0.39, 0.29) is 17.8 Å². The highest BCUT2D eigenvalue weighted by Crippen LogP contribution is 2.36. The molecular formula is C33H39N3O3. The van der Waals surface area contributed by atoms with E-state index in [1.165, 1.54) is 5.56 Å². The molecule has 3 atom stereocenters. The summed E-state index contributed by atoms with van der Waals surface area (Å²) in [5.41, 5.74) is 5.14. The molecule has 1 aromatic heterocycles. The molecule has 1 N–H and O–H groups in total. The van der Waals surface area contributed by atoms with E-state index in [2.05, 4.69) is 78.2 Å². The molecule has 5 rings (SSSR count). The Labute approximate surface area is 231 Å². The van der Waals surface area contributed by atoms with Crippen molar-refractivity contribution in [3.8, 4) is 5.75 Å². The average Bonchev–Trinajstić information content (AvgIpc) is 3.30. The molecule has 1 fully saturated rings. The number of rotatable bonds is 8. The number of carbonyl (C=O) groups is 1. The number of fused-ring (bicyclic) bond motifs is 1. The Bertz CT molecular complexity index is 1430. The summed E-state index contributed by atoms with van der Waals surface area (Å²) >= 11 is 0. The van der Waals surface area contributed by atoms with Gasteiger partial charge in [0.1, 0.15) is 11.4 Å². The number of ether oxygens (including phenoxy) is 1. The average molecular weight is 526 g/mol. The van der Waals surface area contributed by atoms with Crippen molar-refractivity contribution in [2.75, 3.05) is 19.7 Å². The van der Waals surface area contributed by atoms with Gasteiger partial charge in [0.25, 0.3) is 0 Å². The van der Waals surface area contributed by atoms with Crippen LogP contribution in [0.1, 0.15) is 60.9 Å². The van der Waals surface area contributed by atoms with E-state index in [1.54, 1.807) is 6.07 Å². The van der Waals surface area contributed by atoms with Crippen LogP contribution >= 0.6 is 0 Å². The zero-order valence-corrected chi connectivity index (χ0v) is 23.4. The van der Waals surface area contributed by atoms with Crippen LogP contribution in [0.5, 0.6) is 5.75 Å². The van der Waals surface area contributed by atoms with Crippen LogP contribution in [0.15, 0.2) is 78.9 Å². The minimum atomic E-state index is -0.293. The van der Waals surface area contributed by atoms with Crippen molar-refractivity contribution in [3.63, 3.8) is 0 Å². The zero-order valence-electron chi connectivity index (χ0n) is 23.4. The molecule has 0 radical (unpaired) electrons. The summed E-state index contributed by atoms with van der Waals surface area (Å²) in [5, 5.41) is 11.4. The Balaban J connectivity index is 1.52. The Morgan fingerprint density at radius 3 is 2.41 bits per heavy atom. The van der Waals surface area contributed by atoms with E-state index < -0.39 is 0 Å². The molecule has 1 aliphatic rings.